The third-order valence-electron chi connectivity index (χ3n) is 3.11. The zero-order valence-electron chi connectivity index (χ0n) is 12.1. The van der Waals surface area contributed by atoms with Crippen molar-refractivity contribution in [1.29, 1.82) is 0 Å². The first-order valence-corrected chi connectivity index (χ1v) is 7.04. The molecule has 0 saturated heterocycles. The van der Waals surface area contributed by atoms with E-state index < -0.39 is 0 Å². The molecule has 0 atom stereocenters. The molecule has 1 aromatic heterocycles. The normalized spacial score (nSPS) is 11.6. The third-order valence-corrected chi connectivity index (χ3v) is 3.11. The highest BCUT2D eigenvalue weighted by Gasteiger charge is 2.00. The fraction of sp³-hybridized carbons (Fsp3) is 0.533. The Balaban J connectivity index is 1.75. The van der Waals surface area contributed by atoms with Crippen molar-refractivity contribution in [3.05, 3.63) is 29.6 Å². The smallest absolute Gasteiger partial charge is 0.104 e. The van der Waals surface area contributed by atoms with E-state index in [1.54, 1.807) is 0 Å². The van der Waals surface area contributed by atoms with E-state index >= 15 is 0 Å². The molecule has 4 nitrogen and oxygen atoms in total. The number of fused-ring (bicyclic) bond motifs is 1. The topological polar surface area (TPSA) is 52.7 Å². The highest BCUT2D eigenvalue weighted by molar-refractivity contribution is 5.75. The van der Waals surface area contributed by atoms with Gasteiger partial charge in [-0.05, 0) is 37.6 Å². The molecule has 0 aliphatic heterocycles. The molecular formula is C15H24N4. The summed E-state index contributed by atoms with van der Waals surface area (Å²) in [6, 6.07) is 7.02. The van der Waals surface area contributed by atoms with Crippen molar-refractivity contribution in [1.82, 2.24) is 20.6 Å². The lowest BCUT2D eigenvalue weighted by Gasteiger charge is -2.09. The summed E-state index contributed by atoms with van der Waals surface area (Å²) in [7, 11) is 0. The van der Waals surface area contributed by atoms with Gasteiger partial charge in [-0.3, -0.25) is 0 Å². The van der Waals surface area contributed by atoms with E-state index in [0.29, 0.717) is 6.04 Å². The molecule has 0 bridgehead atoms. The van der Waals surface area contributed by atoms with Crippen LogP contribution in [0.4, 0.5) is 0 Å². The highest BCUT2D eigenvalue weighted by atomic mass is 15.0. The quantitative estimate of drug-likeness (QED) is 0.667. The molecule has 4 heteroatoms. The number of rotatable bonds is 7. The number of aryl methyl sites for hydroxylation is 1. The molecule has 0 aliphatic rings. The largest absolute Gasteiger partial charge is 0.342 e. The summed E-state index contributed by atoms with van der Waals surface area (Å²) in [6.07, 6.45) is 1.05. The zero-order chi connectivity index (χ0) is 13.7. The first kappa shape index (κ1) is 14.0. The maximum atomic E-state index is 4.41. The van der Waals surface area contributed by atoms with Crippen molar-refractivity contribution in [2.45, 2.75) is 33.2 Å². The molecule has 0 amide bonds. The van der Waals surface area contributed by atoms with Crippen LogP contribution in [0.25, 0.3) is 11.0 Å². The fourth-order valence-electron chi connectivity index (χ4n) is 2.15. The minimum absolute atomic E-state index is 0.563. The lowest BCUT2D eigenvalue weighted by Crippen LogP contribution is -2.32. The third kappa shape index (κ3) is 4.33. The highest BCUT2D eigenvalue weighted by Crippen LogP contribution is 2.13. The number of imidazole rings is 1. The van der Waals surface area contributed by atoms with Crippen molar-refractivity contribution < 1.29 is 0 Å². The second-order valence-electron chi connectivity index (χ2n) is 5.28. The van der Waals surface area contributed by atoms with Gasteiger partial charge >= 0.3 is 0 Å². The van der Waals surface area contributed by atoms with Crippen molar-refractivity contribution in [3.8, 4) is 0 Å². The number of benzene rings is 1. The molecule has 1 aromatic carbocycles. The number of hydrogen-bond donors (Lipinski definition) is 3. The standard InChI is InChI=1S/C15H24N4/c1-11(2)17-9-8-16-7-6-13-4-5-14-15(10-13)19-12(3)18-14/h4-5,10-11,16-17H,6-9H2,1-3H3,(H,18,19). The van der Waals surface area contributed by atoms with Crippen LogP contribution >= 0.6 is 0 Å². The molecule has 0 spiro atoms. The van der Waals surface area contributed by atoms with E-state index in [2.05, 4.69) is 52.6 Å². The Morgan fingerprint density at radius 3 is 2.84 bits per heavy atom. The van der Waals surface area contributed by atoms with Gasteiger partial charge in [0, 0.05) is 19.1 Å². The van der Waals surface area contributed by atoms with Gasteiger partial charge in [-0.1, -0.05) is 19.9 Å². The molecular weight excluding hydrogens is 236 g/mol. The Morgan fingerprint density at radius 2 is 2.05 bits per heavy atom. The first-order chi connectivity index (χ1) is 9.15. The molecule has 0 saturated carbocycles. The average Bonchev–Trinajstić information content (AvgIpc) is 2.72. The molecule has 104 valence electrons. The number of nitrogens with zero attached hydrogens (tertiary/aromatic N) is 1. The number of aromatic nitrogens is 2. The lowest BCUT2D eigenvalue weighted by molar-refractivity contribution is 0.556. The molecule has 0 unspecified atom stereocenters. The summed E-state index contributed by atoms with van der Waals surface area (Å²) in [5.41, 5.74) is 3.53. The Morgan fingerprint density at radius 1 is 1.21 bits per heavy atom. The van der Waals surface area contributed by atoms with Crippen molar-refractivity contribution in [3.63, 3.8) is 0 Å². The van der Waals surface area contributed by atoms with Crippen molar-refractivity contribution in [2.24, 2.45) is 0 Å². The summed E-state index contributed by atoms with van der Waals surface area (Å²) in [6.45, 7) is 9.38. The number of hydrogen-bond acceptors (Lipinski definition) is 3. The van der Waals surface area contributed by atoms with Crippen LogP contribution < -0.4 is 10.6 Å². The molecule has 2 aromatic rings. The molecule has 0 aliphatic carbocycles. The Bertz CT molecular complexity index is 516. The van der Waals surface area contributed by atoms with Crippen LogP contribution in [0.5, 0.6) is 0 Å². The number of H-pyrrole nitrogens is 1. The van der Waals surface area contributed by atoms with E-state index in [1.807, 2.05) is 6.92 Å². The van der Waals surface area contributed by atoms with Crippen molar-refractivity contribution >= 4 is 11.0 Å². The SMILES string of the molecule is Cc1nc2ccc(CCNCCNC(C)C)cc2[nH]1. The first-order valence-electron chi connectivity index (χ1n) is 7.04. The molecule has 0 radical (unpaired) electrons. The maximum Gasteiger partial charge on any atom is 0.104 e. The lowest BCUT2D eigenvalue weighted by atomic mass is 10.1. The van der Waals surface area contributed by atoms with Crippen molar-refractivity contribution in [2.75, 3.05) is 19.6 Å². The van der Waals surface area contributed by atoms with E-state index in [4.69, 9.17) is 0 Å². The second-order valence-corrected chi connectivity index (χ2v) is 5.28. The van der Waals surface area contributed by atoms with Crippen LogP contribution in [0.1, 0.15) is 25.2 Å². The van der Waals surface area contributed by atoms with Crippen LogP contribution in [0.2, 0.25) is 0 Å². The van der Waals surface area contributed by atoms with Crippen LogP contribution in [-0.2, 0) is 6.42 Å². The molecule has 2 rings (SSSR count). The average molecular weight is 260 g/mol. The minimum Gasteiger partial charge on any atom is -0.342 e. The van der Waals surface area contributed by atoms with Crippen LogP contribution in [0.3, 0.4) is 0 Å². The summed E-state index contributed by atoms with van der Waals surface area (Å²) in [5.74, 6) is 0.977. The van der Waals surface area contributed by atoms with Crippen LogP contribution in [0, 0.1) is 6.92 Å². The van der Waals surface area contributed by atoms with Gasteiger partial charge in [0.2, 0.25) is 0 Å². The molecule has 19 heavy (non-hydrogen) atoms. The van der Waals surface area contributed by atoms with E-state index in [1.165, 1.54) is 5.56 Å². The van der Waals surface area contributed by atoms with E-state index in [9.17, 15) is 0 Å². The predicted octanol–water partition coefficient (Wildman–Crippen LogP) is 2.00. The Hall–Kier alpha value is -1.39. The van der Waals surface area contributed by atoms with Gasteiger partial charge < -0.3 is 15.6 Å². The fourth-order valence-corrected chi connectivity index (χ4v) is 2.15. The van der Waals surface area contributed by atoms with E-state index in [0.717, 1.165) is 42.9 Å². The van der Waals surface area contributed by atoms with Gasteiger partial charge in [-0.2, -0.15) is 0 Å². The summed E-state index contributed by atoms with van der Waals surface area (Å²) in [4.78, 5) is 7.69. The molecule has 3 N–H and O–H groups in total. The Labute approximate surface area is 115 Å². The van der Waals surface area contributed by atoms with E-state index in [-0.39, 0.29) is 0 Å². The molecule has 0 fully saturated rings. The van der Waals surface area contributed by atoms with Gasteiger partial charge in [-0.25, -0.2) is 4.98 Å². The second kappa shape index (κ2) is 6.68. The van der Waals surface area contributed by atoms with Gasteiger partial charge in [-0.15, -0.1) is 0 Å². The summed E-state index contributed by atoms with van der Waals surface area (Å²) >= 11 is 0. The summed E-state index contributed by atoms with van der Waals surface area (Å²) < 4.78 is 0. The number of nitrogens with one attached hydrogen (secondary N) is 3. The maximum absolute atomic E-state index is 4.41. The van der Waals surface area contributed by atoms with Gasteiger partial charge in [0.1, 0.15) is 5.82 Å². The monoisotopic (exact) mass is 260 g/mol. The Kier molecular flexibility index (Phi) is 4.93. The van der Waals surface area contributed by atoms with Gasteiger partial charge in [0.25, 0.3) is 0 Å². The van der Waals surface area contributed by atoms with Crippen LogP contribution in [-0.4, -0.2) is 35.6 Å². The minimum atomic E-state index is 0.563. The predicted molar refractivity (Wildman–Crippen MR) is 80.5 cm³/mol. The zero-order valence-corrected chi connectivity index (χ0v) is 12.1. The number of aromatic amines is 1. The van der Waals surface area contributed by atoms with Gasteiger partial charge in [0.15, 0.2) is 0 Å². The van der Waals surface area contributed by atoms with Gasteiger partial charge in [0.05, 0.1) is 11.0 Å². The summed E-state index contributed by atoms with van der Waals surface area (Å²) in [5, 5.41) is 6.85. The molecule has 1 heterocycles. The van der Waals surface area contributed by atoms with Crippen LogP contribution in [0.15, 0.2) is 18.2 Å².